The fourth-order valence-corrected chi connectivity index (χ4v) is 4.98. The fraction of sp³-hybridized carbons (Fsp3) is 0.789. The molecule has 1 aromatic rings. The number of nitrogens with zero attached hydrogens (tertiary/aromatic N) is 1. The van der Waals surface area contributed by atoms with E-state index in [9.17, 15) is 26.7 Å². The summed E-state index contributed by atoms with van der Waals surface area (Å²) in [4.78, 5) is 16.5. The van der Waals surface area contributed by atoms with Crippen LogP contribution in [0.25, 0.3) is 0 Å². The Balaban J connectivity index is 1.51. The third-order valence-electron chi connectivity index (χ3n) is 5.78. The van der Waals surface area contributed by atoms with Crippen LogP contribution in [0.4, 0.5) is 27.1 Å². The minimum absolute atomic E-state index is 0.177. The molecule has 28 heavy (non-hydrogen) atoms. The molecular formula is C19H25F5N2OS. The maximum absolute atomic E-state index is 14.0. The molecule has 1 amide bonds. The van der Waals surface area contributed by atoms with E-state index in [-0.39, 0.29) is 17.5 Å². The molecule has 1 N–H and O–H groups in total. The summed E-state index contributed by atoms with van der Waals surface area (Å²) in [6.07, 6.45) is -4.82. The van der Waals surface area contributed by atoms with Crippen LogP contribution in [0.5, 0.6) is 0 Å². The lowest BCUT2D eigenvalue weighted by atomic mass is 9.80. The lowest BCUT2D eigenvalue weighted by Gasteiger charge is -2.36. The van der Waals surface area contributed by atoms with Crippen LogP contribution in [0.15, 0.2) is 6.20 Å². The van der Waals surface area contributed by atoms with Gasteiger partial charge in [0.05, 0.1) is 0 Å². The van der Waals surface area contributed by atoms with Crippen molar-refractivity contribution < 1.29 is 26.7 Å². The van der Waals surface area contributed by atoms with E-state index in [2.05, 4.69) is 10.3 Å². The Morgan fingerprint density at radius 2 is 1.61 bits per heavy atom. The summed E-state index contributed by atoms with van der Waals surface area (Å²) < 4.78 is 68.3. The second kappa shape index (κ2) is 9.50. The van der Waals surface area contributed by atoms with Crippen LogP contribution in [-0.4, -0.2) is 41.7 Å². The predicted octanol–water partition coefficient (Wildman–Crippen LogP) is 5.30. The molecule has 0 saturated heterocycles. The van der Waals surface area contributed by atoms with E-state index in [1.807, 2.05) is 0 Å². The molecule has 3 rings (SSSR count). The van der Waals surface area contributed by atoms with Gasteiger partial charge in [0.25, 0.3) is 0 Å². The van der Waals surface area contributed by atoms with Gasteiger partial charge in [-0.1, -0.05) is 32.1 Å². The van der Waals surface area contributed by atoms with Crippen molar-refractivity contribution in [3.63, 3.8) is 0 Å². The number of anilines is 1. The highest BCUT2D eigenvalue weighted by molar-refractivity contribution is 7.15. The van der Waals surface area contributed by atoms with Gasteiger partial charge in [-0.15, -0.1) is 11.3 Å². The van der Waals surface area contributed by atoms with Gasteiger partial charge >= 0.3 is 0 Å². The van der Waals surface area contributed by atoms with E-state index < -0.39 is 36.8 Å². The van der Waals surface area contributed by atoms with Gasteiger partial charge in [0.2, 0.25) is 5.91 Å². The lowest BCUT2D eigenvalue weighted by molar-refractivity contribution is -0.116. The monoisotopic (exact) mass is 424 g/mol. The number of aromatic nitrogens is 1. The van der Waals surface area contributed by atoms with Crippen LogP contribution in [0.1, 0.15) is 49.8 Å². The van der Waals surface area contributed by atoms with Gasteiger partial charge < -0.3 is 5.32 Å². The third-order valence-corrected chi connectivity index (χ3v) is 6.71. The van der Waals surface area contributed by atoms with Crippen molar-refractivity contribution in [2.75, 3.05) is 5.32 Å². The molecule has 9 heteroatoms. The molecule has 0 spiro atoms. The second-order valence-electron chi connectivity index (χ2n) is 7.81. The highest BCUT2D eigenvalue weighted by Crippen LogP contribution is 2.38. The van der Waals surface area contributed by atoms with Crippen molar-refractivity contribution in [1.29, 1.82) is 0 Å². The van der Waals surface area contributed by atoms with Crippen molar-refractivity contribution in [3.8, 4) is 0 Å². The molecular weight excluding hydrogens is 399 g/mol. The number of hydrogen-bond donors (Lipinski definition) is 1. The van der Waals surface area contributed by atoms with Crippen LogP contribution >= 0.6 is 11.3 Å². The van der Waals surface area contributed by atoms with E-state index in [1.165, 1.54) is 25.5 Å². The minimum Gasteiger partial charge on any atom is -0.302 e. The molecule has 3 nitrogen and oxygen atoms in total. The first-order valence-corrected chi connectivity index (χ1v) is 10.6. The normalized spacial score (nSPS) is 34.3. The highest BCUT2D eigenvalue weighted by atomic mass is 32.1. The Morgan fingerprint density at radius 1 is 1.00 bits per heavy atom. The van der Waals surface area contributed by atoms with Gasteiger partial charge in [0.1, 0.15) is 12.3 Å². The number of carbonyl (C=O) groups excluding carboxylic acids is 1. The fourth-order valence-electron chi connectivity index (χ4n) is 4.08. The molecule has 4 atom stereocenters. The molecule has 0 bridgehead atoms. The molecule has 2 aliphatic rings. The zero-order valence-electron chi connectivity index (χ0n) is 15.4. The van der Waals surface area contributed by atoms with E-state index in [0.717, 1.165) is 30.6 Å². The van der Waals surface area contributed by atoms with Crippen LogP contribution in [-0.2, 0) is 11.2 Å². The summed E-state index contributed by atoms with van der Waals surface area (Å²) in [5.41, 5.74) is 0. The number of alkyl halides is 5. The summed E-state index contributed by atoms with van der Waals surface area (Å²) >= 11 is 1.01. The van der Waals surface area contributed by atoms with Crippen LogP contribution in [0.2, 0.25) is 0 Å². The van der Waals surface area contributed by atoms with E-state index >= 15 is 0 Å². The molecule has 0 aromatic carbocycles. The summed E-state index contributed by atoms with van der Waals surface area (Å²) in [6.45, 7) is 0. The average molecular weight is 424 g/mol. The number of carbonyl (C=O) groups is 1. The van der Waals surface area contributed by atoms with Crippen LogP contribution < -0.4 is 5.32 Å². The van der Waals surface area contributed by atoms with Gasteiger partial charge in [-0.05, 0) is 18.8 Å². The van der Waals surface area contributed by atoms with Gasteiger partial charge in [-0.25, -0.2) is 26.9 Å². The quantitative estimate of drug-likeness (QED) is 0.630. The molecule has 2 saturated carbocycles. The zero-order chi connectivity index (χ0) is 20.3. The van der Waals surface area contributed by atoms with Gasteiger partial charge in [-0.2, -0.15) is 0 Å². The lowest BCUT2D eigenvalue weighted by Crippen LogP contribution is -2.53. The van der Waals surface area contributed by atoms with Gasteiger partial charge in [-0.3, -0.25) is 4.79 Å². The van der Waals surface area contributed by atoms with E-state index in [0.29, 0.717) is 17.2 Å². The van der Waals surface area contributed by atoms with E-state index in [4.69, 9.17) is 0 Å². The number of thiazole rings is 1. The second-order valence-corrected chi connectivity index (χ2v) is 8.93. The topological polar surface area (TPSA) is 42.0 Å². The molecule has 4 unspecified atom stereocenters. The SMILES string of the molecule is O=C(CCC1CCCCC1)Nc1ncc(CC2C(F)C(F)C(F)C(F)C2F)s1. The molecule has 2 aliphatic carbocycles. The molecule has 158 valence electrons. The largest absolute Gasteiger partial charge is 0.302 e. The van der Waals surface area contributed by atoms with Crippen LogP contribution in [0, 0.1) is 11.8 Å². The Labute approximate surface area is 165 Å². The average Bonchev–Trinajstić information content (AvgIpc) is 3.14. The Kier molecular flexibility index (Phi) is 7.28. The maximum Gasteiger partial charge on any atom is 0.226 e. The molecule has 1 heterocycles. The summed E-state index contributed by atoms with van der Waals surface area (Å²) in [6, 6.07) is 0. The molecule has 0 radical (unpaired) electrons. The Hall–Kier alpha value is -1.25. The van der Waals surface area contributed by atoms with Crippen molar-refractivity contribution in [2.24, 2.45) is 11.8 Å². The smallest absolute Gasteiger partial charge is 0.226 e. The zero-order valence-corrected chi connectivity index (χ0v) is 16.2. The number of nitrogens with one attached hydrogen (secondary N) is 1. The highest BCUT2D eigenvalue weighted by Gasteiger charge is 2.53. The standard InChI is InChI=1S/C19H25F5N2OS/c20-14-12(15(21)17(23)18(24)16(14)22)8-11-9-25-19(28-11)26-13(27)7-6-10-4-2-1-3-5-10/h9-10,12,14-18H,1-8H2,(H,25,26,27). The molecule has 1 aromatic heterocycles. The molecule has 0 aliphatic heterocycles. The first-order valence-electron chi connectivity index (χ1n) is 9.81. The van der Waals surface area contributed by atoms with Crippen molar-refractivity contribution >= 4 is 22.4 Å². The summed E-state index contributed by atoms with van der Waals surface area (Å²) in [5.74, 6) is -1.22. The maximum atomic E-state index is 14.0. The number of hydrogen-bond acceptors (Lipinski definition) is 3. The minimum atomic E-state index is -2.79. The Bertz CT molecular complexity index is 638. The van der Waals surface area contributed by atoms with E-state index in [1.54, 1.807) is 0 Å². The summed E-state index contributed by atoms with van der Waals surface area (Å²) in [7, 11) is 0. The molecule has 2 fully saturated rings. The summed E-state index contributed by atoms with van der Waals surface area (Å²) in [5, 5.41) is 2.94. The first kappa shape index (κ1) is 21.5. The predicted molar refractivity (Wildman–Crippen MR) is 98.2 cm³/mol. The Morgan fingerprint density at radius 3 is 2.25 bits per heavy atom. The van der Waals surface area contributed by atoms with Crippen LogP contribution in [0.3, 0.4) is 0 Å². The van der Waals surface area contributed by atoms with Gasteiger partial charge in [0.15, 0.2) is 23.6 Å². The van der Waals surface area contributed by atoms with Crippen molar-refractivity contribution in [3.05, 3.63) is 11.1 Å². The number of halogens is 5. The van der Waals surface area contributed by atoms with Crippen molar-refractivity contribution in [2.45, 2.75) is 82.2 Å². The number of amides is 1. The number of rotatable bonds is 6. The van der Waals surface area contributed by atoms with Crippen molar-refractivity contribution in [1.82, 2.24) is 4.98 Å². The van der Waals surface area contributed by atoms with Gasteiger partial charge in [0, 0.05) is 23.4 Å². The first-order chi connectivity index (χ1) is 13.4. The third kappa shape index (κ3) is 5.02.